The first-order valence-electron chi connectivity index (χ1n) is 6.72. The molecule has 3 unspecified atom stereocenters. The Kier molecular flexibility index (Phi) is 5.95. The summed E-state index contributed by atoms with van der Waals surface area (Å²) >= 11 is 1.74. The van der Waals surface area contributed by atoms with Crippen LogP contribution in [-0.4, -0.2) is 39.7 Å². The zero-order chi connectivity index (χ0) is 13.8. The number of amides is 1. The van der Waals surface area contributed by atoms with Crippen LogP contribution in [0.2, 0.25) is 0 Å². The Morgan fingerprint density at radius 2 is 2.17 bits per heavy atom. The molecule has 0 aliphatic heterocycles. The number of aliphatic hydroxyl groups is 1. The predicted octanol–water partition coefficient (Wildman–Crippen LogP) is 1.27. The Morgan fingerprint density at radius 1 is 1.56 bits per heavy atom. The lowest BCUT2D eigenvalue weighted by Crippen LogP contribution is -2.54. The van der Waals surface area contributed by atoms with E-state index in [4.69, 9.17) is 5.73 Å². The molecule has 106 valence electrons. The van der Waals surface area contributed by atoms with E-state index in [1.165, 1.54) is 0 Å². The molecule has 1 fully saturated rings. The van der Waals surface area contributed by atoms with Gasteiger partial charge in [0, 0.05) is 11.3 Å². The summed E-state index contributed by atoms with van der Waals surface area (Å²) in [5.74, 6) is 0.685. The van der Waals surface area contributed by atoms with E-state index >= 15 is 0 Å². The average molecular weight is 274 g/mol. The fraction of sp³-hybridized carbons (Fsp3) is 0.923. The van der Waals surface area contributed by atoms with Gasteiger partial charge in [0.15, 0.2) is 0 Å². The van der Waals surface area contributed by atoms with Gasteiger partial charge in [-0.1, -0.05) is 6.92 Å². The second-order valence-electron chi connectivity index (χ2n) is 5.54. The van der Waals surface area contributed by atoms with Crippen LogP contribution in [0, 0.1) is 0 Å². The van der Waals surface area contributed by atoms with Crippen molar-refractivity contribution >= 4 is 17.7 Å². The highest BCUT2D eigenvalue weighted by molar-refractivity contribution is 7.99. The first kappa shape index (κ1) is 15.8. The van der Waals surface area contributed by atoms with Gasteiger partial charge in [-0.2, -0.15) is 11.8 Å². The zero-order valence-corrected chi connectivity index (χ0v) is 12.4. The Bertz CT molecular complexity index is 282. The molecule has 5 heteroatoms. The number of thioether (sulfide) groups is 1. The lowest BCUT2D eigenvalue weighted by Gasteiger charge is -2.28. The quantitative estimate of drug-likeness (QED) is 0.553. The highest BCUT2D eigenvalue weighted by Crippen LogP contribution is 2.25. The topological polar surface area (TPSA) is 75.3 Å². The maximum absolute atomic E-state index is 11.5. The van der Waals surface area contributed by atoms with Gasteiger partial charge in [0.2, 0.25) is 5.91 Å². The van der Waals surface area contributed by atoms with E-state index in [1.807, 2.05) is 13.8 Å². The lowest BCUT2D eigenvalue weighted by atomic mass is 9.95. The third-order valence-electron chi connectivity index (χ3n) is 3.53. The highest BCUT2D eigenvalue weighted by Gasteiger charge is 2.36. The van der Waals surface area contributed by atoms with Gasteiger partial charge in [-0.05, 0) is 45.3 Å². The number of nitrogens with two attached hydrogens (primary N) is 1. The lowest BCUT2D eigenvalue weighted by molar-refractivity contribution is -0.124. The summed E-state index contributed by atoms with van der Waals surface area (Å²) in [6, 6.07) is 0.478. The number of hydrogen-bond acceptors (Lipinski definition) is 4. The molecule has 4 nitrogen and oxygen atoms in total. The predicted molar refractivity (Wildman–Crippen MR) is 76.6 cm³/mol. The molecule has 1 aliphatic rings. The van der Waals surface area contributed by atoms with Crippen LogP contribution in [0.1, 0.15) is 46.5 Å². The molecular formula is C13H26N2O2S. The maximum atomic E-state index is 11.5. The summed E-state index contributed by atoms with van der Waals surface area (Å²) in [4.78, 5) is 11.5. The Hall–Kier alpha value is -0.260. The van der Waals surface area contributed by atoms with E-state index in [0.29, 0.717) is 6.04 Å². The van der Waals surface area contributed by atoms with Crippen molar-refractivity contribution in [3.8, 4) is 0 Å². The number of carbonyl (C=O) groups is 1. The molecule has 4 N–H and O–H groups in total. The van der Waals surface area contributed by atoms with Crippen LogP contribution in [0.3, 0.4) is 0 Å². The minimum atomic E-state index is -0.574. The van der Waals surface area contributed by atoms with Gasteiger partial charge in [0.05, 0.1) is 11.6 Å². The van der Waals surface area contributed by atoms with E-state index in [1.54, 1.807) is 18.7 Å². The Morgan fingerprint density at radius 3 is 2.61 bits per heavy atom. The van der Waals surface area contributed by atoms with Crippen LogP contribution in [-0.2, 0) is 4.79 Å². The van der Waals surface area contributed by atoms with E-state index in [2.05, 4.69) is 5.32 Å². The molecule has 0 spiro atoms. The van der Waals surface area contributed by atoms with Gasteiger partial charge in [0.25, 0.3) is 0 Å². The van der Waals surface area contributed by atoms with E-state index < -0.39 is 5.54 Å². The summed E-state index contributed by atoms with van der Waals surface area (Å²) in [6.07, 6.45) is 3.70. The first-order chi connectivity index (χ1) is 8.35. The van der Waals surface area contributed by atoms with Crippen LogP contribution < -0.4 is 11.1 Å². The largest absolute Gasteiger partial charge is 0.392 e. The summed E-state index contributed by atoms with van der Waals surface area (Å²) in [7, 11) is 0. The second-order valence-corrected chi connectivity index (χ2v) is 7.02. The molecule has 1 amide bonds. The third-order valence-corrected chi connectivity index (χ3v) is 4.97. The van der Waals surface area contributed by atoms with Gasteiger partial charge in [0.1, 0.15) is 0 Å². The van der Waals surface area contributed by atoms with Gasteiger partial charge >= 0.3 is 0 Å². The monoisotopic (exact) mass is 274 g/mol. The molecule has 0 aromatic carbocycles. The van der Waals surface area contributed by atoms with Crippen molar-refractivity contribution in [3.63, 3.8) is 0 Å². The fourth-order valence-corrected chi connectivity index (χ4v) is 2.74. The van der Waals surface area contributed by atoms with Crippen molar-refractivity contribution in [3.05, 3.63) is 0 Å². The molecule has 1 saturated carbocycles. The molecule has 1 rings (SSSR count). The number of rotatable bonds is 9. The van der Waals surface area contributed by atoms with Crippen molar-refractivity contribution < 1.29 is 9.90 Å². The van der Waals surface area contributed by atoms with Crippen molar-refractivity contribution in [2.24, 2.45) is 5.73 Å². The van der Waals surface area contributed by atoms with Gasteiger partial charge in [-0.3, -0.25) is 4.79 Å². The third kappa shape index (κ3) is 5.16. The number of nitrogens with one attached hydrogen (secondary N) is 1. The van der Waals surface area contributed by atoms with Crippen molar-refractivity contribution in [1.29, 1.82) is 0 Å². The molecule has 3 atom stereocenters. The van der Waals surface area contributed by atoms with Crippen LogP contribution in [0.25, 0.3) is 0 Å². The number of aliphatic hydroxyl groups excluding tert-OH is 1. The smallest absolute Gasteiger partial charge is 0.237 e. The summed E-state index contributed by atoms with van der Waals surface area (Å²) in [5, 5.41) is 13.0. The second kappa shape index (κ2) is 6.78. The summed E-state index contributed by atoms with van der Waals surface area (Å²) in [6.45, 7) is 5.72. The fourth-order valence-electron chi connectivity index (χ4n) is 1.78. The van der Waals surface area contributed by atoms with Crippen LogP contribution >= 0.6 is 11.8 Å². The molecule has 0 aromatic heterocycles. The van der Waals surface area contributed by atoms with Crippen LogP contribution in [0.5, 0.6) is 0 Å². The van der Waals surface area contributed by atoms with Crippen molar-refractivity contribution in [2.75, 3.05) is 5.75 Å². The van der Waals surface area contributed by atoms with Crippen LogP contribution in [0.15, 0.2) is 0 Å². The normalized spacial score (nSPS) is 22.2. The zero-order valence-electron chi connectivity index (χ0n) is 11.6. The van der Waals surface area contributed by atoms with Crippen molar-refractivity contribution in [1.82, 2.24) is 5.32 Å². The molecule has 0 heterocycles. The van der Waals surface area contributed by atoms with E-state index in [0.717, 1.165) is 31.4 Å². The standard InChI is InChI=1S/C13H26N2O2S/c1-9(16)10(2)18-8-4-7-13(3,12(14)17)15-11-5-6-11/h9-11,15-16H,4-8H2,1-3H3,(H2,14,17). The molecule has 0 aromatic rings. The number of carbonyl (C=O) groups excluding carboxylic acids is 1. The molecule has 0 saturated heterocycles. The average Bonchev–Trinajstić information content (AvgIpc) is 3.07. The SMILES string of the molecule is CC(O)C(C)SCCCC(C)(NC1CC1)C(N)=O. The van der Waals surface area contributed by atoms with E-state index in [9.17, 15) is 9.90 Å². The van der Waals surface area contributed by atoms with Gasteiger partial charge < -0.3 is 16.2 Å². The Labute approximate surface area is 114 Å². The van der Waals surface area contributed by atoms with Gasteiger partial charge in [-0.15, -0.1) is 0 Å². The highest BCUT2D eigenvalue weighted by atomic mass is 32.2. The van der Waals surface area contributed by atoms with Crippen molar-refractivity contribution in [2.45, 2.75) is 69.4 Å². The Balaban J connectivity index is 2.27. The molecule has 0 bridgehead atoms. The number of hydrogen-bond donors (Lipinski definition) is 3. The molecule has 1 aliphatic carbocycles. The van der Waals surface area contributed by atoms with E-state index in [-0.39, 0.29) is 17.3 Å². The first-order valence-corrected chi connectivity index (χ1v) is 7.77. The number of primary amides is 1. The molecule has 18 heavy (non-hydrogen) atoms. The molecular weight excluding hydrogens is 248 g/mol. The summed E-state index contributed by atoms with van der Waals surface area (Å²) < 4.78 is 0. The minimum absolute atomic E-state index is 0.237. The van der Waals surface area contributed by atoms with Crippen LogP contribution in [0.4, 0.5) is 0 Å². The maximum Gasteiger partial charge on any atom is 0.237 e. The molecule has 0 radical (unpaired) electrons. The minimum Gasteiger partial charge on any atom is -0.392 e. The summed E-state index contributed by atoms with van der Waals surface area (Å²) in [5.41, 5.74) is 4.92. The van der Waals surface area contributed by atoms with Gasteiger partial charge in [-0.25, -0.2) is 0 Å².